The molecule has 1 aromatic carbocycles. The van der Waals surface area contributed by atoms with E-state index in [0.29, 0.717) is 11.5 Å². The van der Waals surface area contributed by atoms with Gasteiger partial charge in [0.25, 0.3) is 0 Å². The van der Waals surface area contributed by atoms with Crippen molar-refractivity contribution in [1.82, 2.24) is 5.32 Å². The summed E-state index contributed by atoms with van der Waals surface area (Å²) in [5.74, 6) is 0.911. The summed E-state index contributed by atoms with van der Waals surface area (Å²) in [6.45, 7) is 3.93. The molecule has 0 bridgehead atoms. The number of ether oxygens (including phenoxy) is 3. The van der Waals surface area contributed by atoms with Crippen LogP contribution in [0.25, 0.3) is 0 Å². The van der Waals surface area contributed by atoms with Gasteiger partial charge in [-0.2, -0.15) is 0 Å². The summed E-state index contributed by atoms with van der Waals surface area (Å²) < 4.78 is 15.3. The Bertz CT molecular complexity index is 431. The van der Waals surface area contributed by atoms with E-state index in [-0.39, 0.29) is 12.0 Å². The van der Waals surface area contributed by atoms with Gasteiger partial charge < -0.3 is 14.2 Å². The Hall–Kier alpha value is -1.75. The summed E-state index contributed by atoms with van der Waals surface area (Å²) in [6.07, 6.45) is 0. The van der Waals surface area contributed by atoms with E-state index in [4.69, 9.17) is 14.2 Å². The fourth-order valence-corrected chi connectivity index (χ4v) is 1.79. The third-order valence-corrected chi connectivity index (χ3v) is 2.69. The first-order valence-electron chi connectivity index (χ1n) is 6.09. The van der Waals surface area contributed by atoms with Crippen LogP contribution in [0, 0.1) is 0 Å². The van der Waals surface area contributed by atoms with Gasteiger partial charge in [0, 0.05) is 17.7 Å². The second kappa shape index (κ2) is 6.99. The van der Waals surface area contributed by atoms with Crippen molar-refractivity contribution in [2.75, 3.05) is 21.3 Å². The molecule has 1 unspecified atom stereocenters. The summed E-state index contributed by atoms with van der Waals surface area (Å²) in [5.41, 5.74) is 0.726. The molecule has 5 nitrogen and oxygen atoms in total. The smallest absolute Gasteiger partial charge is 0.327 e. The lowest BCUT2D eigenvalue weighted by Crippen LogP contribution is -2.34. The Balaban J connectivity index is 3.17. The Kier molecular flexibility index (Phi) is 5.63. The summed E-state index contributed by atoms with van der Waals surface area (Å²) in [5, 5.41) is 3.16. The maximum atomic E-state index is 11.9. The van der Waals surface area contributed by atoms with Crippen LogP contribution in [0.4, 0.5) is 0 Å². The number of hydrogen-bond donors (Lipinski definition) is 1. The molecule has 0 spiro atoms. The van der Waals surface area contributed by atoms with Gasteiger partial charge >= 0.3 is 5.97 Å². The molecule has 0 fully saturated rings. The van der Waals surface area contributed by atoms with Gasteiger partial charge in [-0.15, -0.1) is 0 Å². The zero-order valence-corrected chi connectivity index (χ0v) is 12.0. The van der Waals surface area contributed by atoms with Crippen LogP contribution in [0.1, 0.15) is 25.5 Å². The fourth-order valence-electron chi connectivity index (χ4n) is 1.79. The summed E-state index contributed by atoms with van der Waals surface area (Å²) in [6, 6.07) is 4.90. The average Bonchev–Trinajstić information content (AvgIpc) is 2.43. The predicted molar refractivity (Wildman–Crippen MR) is 72.6 cm³/mol. The maximum Gasteiger partial charge on any atom is 0.327 e. The van der Waals surface area contributed by atoms with E-state index >= 15 is 0 Å². The minimum absolute atomic E-state index is 0.135. The molecule has 19 heavy (non-hydrogen) atoms. The van der Waals surface area contributed by atoms with Crippen molar-refractivity contribution in [3.05, 3.63) is 23.8 Å². The lowest BCUT2D eigenvalue weighted by molar-refractivity contribution is -0.143. The Morgan fingerprint density at radius 2 is 1.84 bits per heavy atom. The number of hydrogen-bond acceptors (Lipinski definition) is 5. The van der Waals surface area contributed by atoms with E-state index < -0.39 is 6.04 Å². The molecule has 0 amide bonds. The van der Waals surface area contributed by atoms with Gasteiger partial charge in [-0.25, -0.2) is 4.79 Å². The van der Waals surface area contributed by atoms with Crippen LogP contribution in [-0.2, 0) is 9.53 Å². The quantitative estimate of drug-likeness (QED) is 0.798. The Labute approximate surface area is 113 Å². The topological polar surface area (TPSA) is 56.8 Å². The minimum Gasteiger partial charge on any atom is -0.497 e. The van der Waals surface area contributed by atoms with E-state index in [1.807, 2.05) is 13.8 Å². The molecule has 0 aliphatic rings. The molecule has 0 heterocycles. The highest BCUT2D eigenvalue weighted by Gasteiger charge is 2.25. The number of carbonyl (C=O) groups excluding carboxylic acids is 1. The highest BCUT2D eigenvalue weighted by atomic mass is 16.5. The van der Waals surface area contributed by atoms with Gasteiger partial charge in [-0.05, 0) is 26.0 Å². The van der Waals surface area contributed by atoms with Crippen LogP contribution in [0.15, 0.2) is 18.2 Å². The molecule has 1 rings (SSSR count). The zero-order valence-electron chi connectivity index (χ0n) is 12.0. The molecular formula is C14H21NO4. The molecule has 0 saturated carbocycles. The third kappa shape index (κ3) is 3.86. The summed E-state index contributed by atoms with van der Waals surface area (Å²) >= 11 is 0. The van der Waals surface area contributed by atoms with Crippen molar-refractivity contribution in [2.24, 2.45) is 0 Å². The molecule has 106 valence electrons. The lowest BCUT2D eigenvalue weighted by atomic mass is 10.0. The minimum atomic E-state index is -0.564. The predicted octanol–water partition coefficient (Wildman–Crippen LogP) is 1.92. The first-order chi connectivity index (χ1) is 9.03. The molecule has 1 atom stereocenters. The van der Waals surface area contributed by atoms with Crippen LogP contribution in [0.2, 0.25) is 0 Å². The number of esters is 1. The first-order valence-corrected chi connectivity index (χ1v) is 6.09. The van der Waals surface area contributed by atoms with Gasteiger partial charge in [0.2, 0.25) is 0 Å². The van der Waals surface area contributed by atoms with Crippen LogP contribution in [0.5, 0.6) is 11.5 Å². The van der Waals surface area contributed by atoms with Crippen LogP contribution in [0.3, 0.4) is 0 Å². The molecule has 0 aromatic heterocycles. The van der Waals surface area contributed by atoms with Crippen molar-refractivity contribution in [3.63, 3.8) is 0 Å². The molecule has 0 aliphatic carbocycles. The largest absolute Gasteiger partial charge is 0.497 e. The molecular weight excluding hydrogens is 246 g/mol. The molecule has 0 saturated heterocycles. The van der Waals surface area contributed by atoms with Gasteiger partial charge in [0.15, 0.2) is 0 Å². The third-order valence-electron chi connectivity index (χ3n) is 2.69. The van der Waals surface area contributed by atoms with Crippen molar-refractivity contribution in [2.45, 2.75) is 25.9 Å². The molecule has 5 heteroatoms. The Morgan fingerprint density at radius 3 is 2.32 bits per heavy atom. The van der Waals surface area contributed by atoms with Gasteiger partial charge in [-0.3, -0.25) is 5.32 Å². The van der Waals surface area contributed by atoms with E-state index in [1.165, 1.54) is 7.11 Å². The van der Waals surface area contributed by atoms with Crippen LogP contribution < -0.4 is 14.8 Å². The lowest BCUT2D eigenvalue weighted by Gasteiger charge is -2.21. The van der Waals surface area contributed by atoms with Crippen molar-refractivity contribution >= 4 is 5.97 Å². The maximum absolute atomic E-state index is 11.9. The van der Waals surface area contributed by atoms with Crippen LogP contribution in [-0.4, -0.2) is 33.3 Å². The number of nitrogens with one attached hydrogen (secondary N) is 1. The highest BCUT2D eigenvalue weighted by Crippen LogP contribution is 2.30. The number of carbonyl (C=O) groups is 1. The van der Waals surface area contributed by atoms with Crippen LogP contribution >= 0.6 is 0 Å². The number of benzene rings is 1. The van der Waals surface area contributed by atoms with E-state index in [0.717, 1.165) is 5.56 Å². The number of rotatable bonds is 6. The van der Waals surface area contributed by atoms with E-state index in [2.05, 4.69) is 5.32 Å². The molecule has 0 aliphatic heterocycles. The average molecular weight is 267 g/mol. The normalized spacial score (nSPS) is 12.1. The second-order valence-electron chi connectivity index (χ2n) is 4.39. The molecule has 0 radical (unpaired) electrons. The van der Waals surface area contributed by atoms with Gasteiger partial charge in [-0.1, -0.05) is 0 Å². The number of methoxy groups -OCH3 is 3. The van der Waals surface area contributed by atoms with Gasteiger partial charge in [0.1, 0.15) is 17.5 Å². The Morgan fingerprint density at radius 1 is 1.16 bits per heavy atom. The zero-order chi connectivity index (χ0) is 14.4. The summed E-state index contributed by atoms with van der Waals surface area (Å²) in [7, 11) is 4.51. The standard InChI is InChI=1S/C14H21NO4/c1-9(2)15-13(14(16)19-5)11-7-6-10(17-3)8-12(11)18-4/h6-9,13,15H,1-5H3. The molecule has 1 aromatic rings. The first kappa shape index (κ1) is 15.3. The van der Waals surface area contributed by atoms with Crippen molar-refractivity contribution < 1.29 is 19.0 Å². The highest BCUT2D eigenvalue weighted by molar-refractivity contribution is 5.78. The van der Waals surface area contributed by atoms with Crippen molar-refractivity contribution in [1.29, 1.82) is 0 Å². The summed E-state index contributed by atoms with van der Waals surface area (Å²) in [4.78, 5) is 11.9. The second-order valence-corrected chi connectivity index (χ2v) is 4.39. The van der Waals surface area contributed by atoms with E-state index in [9.17, 15) is 4.79 Å². The fraction of sp³-hybridized carbons (Fsp3) is 0.500. The SMILES string of the molecule is COC(=O)C(NC(C)C)c1ccc(OC)cc1OC. The van der Waals surface area contributed by atoms with E-state index in [1.54, 1.807) is 32.4 Å². The monoisotopic (exact) mass is 267 g/mol. The van der Waals surface area contributed by atoms with Gasteiger partial charge in [0.05, 0.1) is 21.3 Å². The molecule has 1 N–H and O–H groups in total. The van der Waals surface area contributed by atoms with Crippen molar-refractivity contribution in [3.8, 4) is 11.5 Å².